The van der Waals surface area contributed by atoms with Gasteiger partial charge in [-0.15, -0.1) is 0 Å². The fourth-order valence-corrected chi connectivity index (χ4v) is 3.15. The second-order valence-corrected chi connectivity index (χ2v) is 7.04. The van der Waals surface area contributed by atoms with Crippen LogP contribution in [0, 0.1) is 0 Å². The zero-order valence-corrected chi connectivity index (χ0v) is 13.4. The summed E-state index contributed by atoms with van der Waals surface area (Å²) < 4.78 is 10.5. The quantitative estimate of drug-likeness (QED) is 0.872. The number of anilines is 1. The first kappa shape index (κ1) is 14.3. The Kier molecular flexibility index (Phi) is 3.80. The van der Waals surface area contributed by atoms with E-state index in [1.54, 1.807) is 12.4 Å². The summed E-state index contributed by atoms with van der Waals surface area (Å²) in [6.07, 6.45) is 4.71. The number of hydrogen-bond donors (Lipinski definition) is 0. The van der Waals surface area contributed by atoms with Gasteiger partial charge in [-0.2, -0.15) is 4.37 Å². The van der Waals surface area contributed by atoms with Crippen molar-refractivity contribution in [3.63, 3.8) is 0 Å². The van der Waals surface area contributed by atoms with Crippen molar-refractivity contribution in [1.29, 1.82) is 0 Å². The smallest absolute Gasteiger partial charge is 0.205 e. The van der Waals surface area contributed by atoms with Gasteiger partial charge >= 0.3 is 0 Å². The Morgan fingerprint density at radius 2 is 2.05 bits per heavy atom. The van der Waals surface area contributed by atoms with Crippen LogP contribution in [0.25, 0.3) is 0 Å². The van der Waals surface area contributed by atoms with Gasteiger partial charge in [0.1, 0.15) is 17.7 Å². The highest BCUT2D eigenvalue weighted by atomic mass is 32.1. The van der Waals surface area contributed by atoms with Crippen LogP contribution in [0.4, 0.5) is 5.13 Å². The van der Waals surface area contributed by atoms with Crippen LogP contribution in [-0.2, 0) is 5.41 Å². The second-order valence-electron chi connectivity index (χ2n) is 6.31. The molecule has 0 aromatic carbocycles. The molecule has 0 amide bonds. The average Bonchev–Trinajstić information content (AvgIpc) is 3.07. The van der Waals surface area contributed by atoms with Gasteiger partial charge in [0.2, 0.25) is 5.13 Å². The van der Waals surface area contributed by atoms with Gasteiger partial charge < -0.3 is 9.64 Å². The fraction of sp³-hybridized carbons (Fsp3) is 0.533. The van der Waals surface area contributed by atoms with Crippen LogP contribution in [0.2, 0.25) is 0 Å². The predicted octanol–water partition coefficient (Wildman–Crippen LogP) is 2.89. The van der Waals surface area contributed by atoms with Crippen LogP contribution in [0.5, 0.6) is 5.75 Å². The lowest BCUT2D eigenvalue weighted by Gasteiger charge is -2.16. The molecule has 1 unspecified atom stereocenters. The first-order valence-corrected chi connectivity index (χ1v) is 7.95. The van der Waals surface area contributed by atoms with Crippen molar-refractivity contribution < 1.29 is 4.74 Å². The molecule has 3 heterocycles. The highest BCUT2D eigenvalue weighted by Crippen LogP contribution is 2.28. The van der Waals surface area contributed by atoms with Crippen LogP contribution < -0.4 is 9.64 Å². The van der Waals surface area contributed by atoms with Crippen molar-refractivity contribution in [3.05, 3.63) is 30.4 Å². The summed E-state index contributed by atoms with van der Waals surface area (Å²) >= 11 is 1.48. The second kappa shape index (κ2) is 5.60. The minimum atomic E-state index is 0.00140. The highest BCUT2D eigenvalue weighted by molar-refractivity contribution is 7.09. The largest absolute Gasteiger partial charge is 0.488 e. The molecule has 0 bridgehead atoms. The molecule has 1 atom stereocenters. The third-order valence-corrected chi connectivity index (χ3v) is 4.23. The molecule has 2 aromatic rings. The van der Waals surface area contributed by atoms with Crippen LogP contribution in [-0.4, -0.2) is 33.5 Å². The summed E-state index contributed by atoms with van der Waals surface area (Å²) in [6, 6.07) is 3.79. The lowest BCUT2D eigenvalue weighted by Crippen LogP contribution is -2.24. The maximum atomic E-state index is 5.98. The Morgan fingerprint density at radius 3 is 2.71 bits per heavy atom. The van der Waals surface area contributed by atoms with Gasteiger partial charge in [-0.1, -0.05) is 20.8 Å². The molecule has 0 aliphatic carbocycles. The van der Waals surface area contributed by atoms with Gasteiger partial charge in [0, 0.05) is 42.3 Å². The molecule has 1 fully saturated rings. The van der Waals surface area contributed by atoms with E-state index < -0.39 is 0 Å². The number of hydrogen-bond acceptors (Lipinski definition) is 6. The van der Waals surface area contributed by atoms with Gasteiger partial charge in [0.05, 0.1) is 6.54 Å². The van der Waals surface area contributed by atoms with Crippen molar-refractivity contribution >= 4 is 16.7 Å². The third kappa shape index (κ3) is 3.32. The van der Waals surface area contributed by atoms with E-state index >= 15 is 0 Å². The molecule has 5 nitrogen and oxygen atoms in total. The Bertz CT molecular complexity index is 593. The maximum Gasteiger partial charge on any atom is 0.205 e. The van der Waals surface area contributed by atoms with Crippen LogP contribution in [0.15, 0.2) is 24.5 Å². The Labute approximate surface area is 129 Å². The first-order chi connectivity index (χ1) is 10.0. The van der Waals surface area contributed by atoms with Crippen LogP contribution >= 0.6 is 11.5 Å². The zero-order chi connectivity index (χ0) is 14.9. The molecular formula is C15H20N4OS. The maximum absolute atomic E-state index is 5.98. The number of ether oxygens (including phenoxy) is 1. The molecule has 0 saturated carbocycles. The highest BCUT2D eigenvalue weighted by Gasteiger charge is 2.28. The lowest BCUT2D eigenvalue weighted by atomic mass is 9.96. The van der Waals surface area contributed by atoms with Gasteiger partial charge in [-0.05, 0) is 12.1 Å². The summed E-state index contributed by atoms with van der Waals surface area (Å²) in [6.45, 7) is 8.24. The molecule has 1 saturated heterocycles. The predicted molar refractivity (Wildman–Crippen MR) is 84.1 cm³/mol. The van der Waals surface area contributed by atoms with E-state index in [4.69, 9.17) is 4.74 Å². The van der Waals surface area contributed by atoms with Gasteiger partial charge in [0.25, 0.3) is 0 Å². The fourth-order valence-electron chi connectivity index (χ4n) is 2.26. The first-order valence-electron chi connectivity index (χ1n) is 7.18. The molecule has 2 aromatic heterocycles. The van der Waals surface area contributed by atoms with E-state index in [0.717, 1.165) is 36.2 Å². The van der Waals surface area contributed by atoms with E-state index in [1.165, 1.54) is 11.5 Å². The molecule has 0 N–H and O–H groups in total. The minimum absolute atomic E-state index is 0.00140. The number of rotatable bonds is 3. The van der Waals surface area contributed by atoms with E-state index in [0.29, 0.717) is 0 Å². The van der Waals surface area contributed by atoms with E-state index in [2.05, 4.69) is 40.0 Å². The topological polar surface area (TPSA) is 51.1 Å². The summed E-state index contributed by atoms with van der Waals surface area (Å²) in [4.78, 5) is 10.9. The van der Waals surface area contributed by atoms with Gasteiger partial charge in [-0.25, -0.2) is 4.98 Å². The summed E-state index contributed by atoms with van der Waals surface area (Å²) in [5.41, 5.74) is 0.00140. The van der Waals surface area contributed by atoms with Crippen molar-refractivity contribution in [2.75, 3.05) is 18.0 Å². The van der Waals surface area contributed by atoms with E-state index in [1.807, 2.05) is 12.1 Å². The minimum Gasteiger partial charge on any atom is -0.488 e. The summed E-state index contributed by atoms with van der Waals surface area (Å²) in [5, 5.41) is 1.00. The van der Waals surface area contributed by atoms with Crippen molar-refractivity contribution in [3.8, 4) is 5.75 Å². The third-order valence-electron chi connectivity index (χ3n) is 3.45. The van der Waals surface area contributed by atoms with Crippen molar-refractivity contribution in [1.82, 2.24) is 14.3 Å². The summed E-state index contributed by atoms with van der Waals surface area (Å²) in [5.74, 6) is 1.80. The Morgan fingerprint density at radius 1 is 1.29 bits per heavy atom. The molecule has 1 aliphatic heterocycles. The Balaban J connectivity index is 1.63. The monoisotopic (exact) mass is 304 g/mol. The van der Waals surface area contributed by atoms with Crippen molar-refractivity contribution in [2.24, 2.45) is 0 Å². The SMILES string of the molecule is CC(C)(C)c1nsc(N2CCC(Oc3ccncc3)C2)n1. The van der Waals surface area contributed by atoms with E-state index in [9.17, 15) is 0 Å². The number of pyridine rings is 1. The van der Waals surface area contributed by atoms with Gasteiger partial charge in [0.15, 0.2) is 0 Å². The molecule has 3 rings (SSSR count). The molecule has 0 spiro atoms. The summed E-state index contributed by atoms with van der Waals surface area (Å²) in [7, 11) is 0. The molecular weight excluding hydrogens is 284 g/mol. The standard InChI is InChI=1S/C15H20N4OS/c1-15(2,3)13-17-14(21-18-13)19-9-6-12(10-19)20-11-4-7-16-8-5-11/h4-5,7-8,12H,6,9-10H2,1-3H3. The van der Waals surface area contributed by atoms with Crippen LogP contribution in [0.1, 0.15) is 33.0 Å². The van der Waals surface area contributed by atoms with Gasteiger partial charge in [-0.3, -0.25) is 4.98 Å². The molecule has 112 valence electrons. The molecule has 21 heavy (non-hydrogen) atoms. The normalized spacial score (nSPS) is 19.0. The number of aromatic nitrogens is 3. The average molecular weight is 304 g/mol. The molecule has 1 aliphatic rings. The lowest BCUT2D eigenvalue weighted by molar-refractivity contribution is 0.224. The zero-order valence-electron chi connectivity index (χ0n) is 12.6. The Hall–Kier alpha value is -1.69. The van der Waals surface area contributed by atoms with Crippen LogP contribution in [0.3, 0.4) is 0 Å². The molecule has 0 radical (unpaired) electrons. The van der Waals surface area contributed by atoms with E-state index in [-0.39, 0.29) is 11.5 Å². The van der Waals surface area contributed by atoms with Crippen molar-refractivity contribution in [2.45, 2.75) is 38.7 Å². The molecule has 6 heteroatoms. The number of nitrogens with zero attached hydrogens (tertiary/aromatic N) is 4.